The van der Waals surface area contributed by atoms with Crippen molar-refractivity contribution in [3.63, 3.8) is 0 Å². The molecule has 118 valence electrons. The molecule has 0 bridgehead atoms. The van der Waals surface area contributed by atoms with Gasteiger partial charge in [0.2, 0.25) is 0 Å². The highest BCUT2D eigenvalue weighted by atomic mass is 28.4. The van der Waals surface area contributed by atoms with Gasteiger partial charge in [0.25, 0.3) is 5.91 Å². The largest absolute Gasteiger partial charge is 0.410 e. The number of nitrogens with zero attached hydrogens (tertiary/aromatic N) is 1. The second-order valence-corrected chi connectivity index (χ2v) is 11.4. The Kier molecular flexibility index (Phi) is 7.14. The third-order valence-corrected chi connectivity index (χ3v) is 8.56. The molecule has 0 aliphatic rings. The molecule has 1 amide bonds. The zero-order valence-corrected chi connectivity index (χ0v) is 15.5. The predicted molar refractivity (Wildman–Crippen MR) is 85.8 cm³/mol. The monoisotopic (exact) mass is 301 g/mol. The summed E-state index contributed by atoms with van der Waals surface area (Å²) in [6, 6.07) is 0. The van der Waals surface area contributed by atoms with E-state index in [1.807, 2.05) is 26.0 Å². The fraction of sp³-hybridized carbons (Fsp3) is 0.800. The second kappa shape index (κ2) is 7.38. The highest BCUT2D eigenvalue weighted by Gasteiger charge is 2.40. The third-order valence-electron chi connectivity index (χ3n) is 4.09. The minimum Gasteiger partial charge on any atom is -0.410 e. The lowest BCUT2D eigenvalue weighted by molar-refractivity contribution is -0.175. The van der Waals surface area contributed by atoms with Gasteiger partial charge in [-0.05, 0) is 25.1 Å². The second-order valence-electron chi connectivity index (χ2n) is 6.68. The summed E-state index contributed by atoms with van der Waals surface area (Å²) in [5.74, 6) is -0.348. The Balaban J connectivity index is 5.13. The van der Waals surface area contributed by atoms with Gasteiger partial charge in [0, 0.05) is 7.05 Å². The minimum atomic E-state index is -1.92. The van der Waals surface area contributed by atoms with Gasteiger partial charge >= 0.3 is 0 Å². The lowest BCUT2D eigenvalue weighted by Gasteiger charge is -2.40. The minimum absolute atomic E-state index is 0.0747. The van der Waals surface area contributed by atoms with E-state index in [1.54, 1.807) is 7.05 Å². The fourth-order valence-corrected chi connectivity index (χ4v) is 2.85. The summed E-state index contributed by atoms with van der Waals surface area (Å²) in [5.41, 5.74) is 0. The Morgan fingerprint density at radius 1 is 1.30 bits per heavy atom. The molecule has 2 atom stereocenters. The average molecular weight is 302 g/mol. The molecule has 0 aliphatic heterocycles. The van der Waals surface area contributed by atoms with E-state index in [0.717, 1.165) is 0 Å². The molecule has 0 aromatic carbocycles. The molecule has 0 unspecified atom stereocenters. The van der Waals surface area contributed by atoms with Crippen LogP contribution < -0.4 is 0 Å². The van der Waals surface area contributed by atoms with Gasteiger partial charge in [0.05, 0.1) is 19.1 Å². The summed E-state index contributed by atoms with van der Waals surface area (Å²) in [4.78, 5) is 17.2. The molecule has 0 saturated heterocycles. The molecule has 0 radical (unpaired) electrons. The molecular formula is C15H31NO3Si. The first-order valence-corrected chi connectivity index (χ1v) is 10.0. The number of hydroxylamine groups is 2. The van der Waals surface area contributed by atoms with Crippen LogP contribution in [0.5, 0.6) is 0 Å². The van der Waals surface area contributed by atoms with Crippen LogP contribution in [0.25, 0.3) is 0 Å². The number of carbonyl (C=O) groups excluding carboxylic acids is 1. The molecule has 0 aromatic rings. The standard InChI is InChI=1S/C15H31NO3Si/c1-10-11-13(12(2)14(17)16(6)18-7)19-20(8,9)15(3,4)5/h10-13H,1-9H3/b11-10+/t12-,13+/m1/s1. The van der Waals surface area contributed by atoms with E-state index in [0.29, 0.717) is 0 Å². The van der Waals surface area contributed by atoms with Crippen LogP contribution in [-0.4, -0.2) is 39.5 Å². The molecule has 0 aromatic heterocycles. The summed E-state index contributed by atoms with van der Waals surface area (Å²) in [5, 5.41) is 1.37. The van der Waals surface area contributed by atoms with Gasteiger partial charge < -0.3 is 4.43 Å². The predicted octanol–water partition coefficient (Wildman–Crippen LogP) is 3.61. The van der Waals surface area contributed by atoms with Crippen molar-refractivity contribution in [2.45, 2.75) is 58.9 Å². The van der Waals surface area contributed by atoms with Crippen LogP contribution in [0.1, 0.15) is 34.6 Å². The van der Waals surface area contributed by atoms with Crippen molar-refractivity contribution in [1.82, 2.24) is 5.06 Å². The van der Waals surface area contributed by atoms with Crippen molar-refractivity contribution in [2.24, 2.45) is 5.92 Å². The summed E-state index contributed by atoms with van der Waals surface area (Å²) in [7, 11) is 1.19. The zero-order valence-electron chi connectivity index (χ0n) is 14.5. The van der Waals surface area contributed by atoms with E-state index in [9.17, 15) is 4.79 Å². The number of amides is 1. The first-order chi connectivity index (χ1) is 8.97. The number of rotatable bonds is 6. The van der Waals surface area contributed by atoms with Crippen LogP contribution in [-0.2, 0) is 14.1 Å². The SMILES string of the molecule is C/C=C/[C@H](O[Si](C)(C)C(C)(C)C)[C@@H](C)C(=O)N(C)OC. The summed E-state index contributed by atoms with van der Waals surface area (Å²) >= 11 is 0. The van der Waals surface area contributed by atoms with Crippen LogP contribution in [0.15, 0.2) is 12.2 Å². The maximum absolute atomic E-state index is 12.2. The molecular weight excluding hydrogens is 270 g/mol. The Morgan fingerprint density at radius 2 is 1.80 bits per heavy atom. The van der Waals surface area contributed by atoms with Gasteiger partial charge in [-0.1, -0.05) is 39.8 Å². The number of hydrogen-bond acceptors (Lipinski definition) is 3. The molecule has 20 heavy (non-hydrogen) atoms. The summed E-state index contributed by atoms with van der Waals surface area (Å²) in [6.07, 6.45) is 3.69. The number of allylic oxidation sites excluding steroid dienone is 1. The average Bonchev–Trinajstić information content (AvgIpc) is 2.33. The first-order valence-electron chi connectivity index (χ1n) is 7.10. The smallest absolute Gasteiger partial charge is 0.251 e. The topological polar surface area (TPSA) is 38.8 Å². The highest BCUT2D eigenvalue weighted by molar-refractivity contribution is 6.74. The third kappa shape index (κ3) is 5.03. The van der Waals surface area contributed by atoms with Gasteiger partial charge in [-0.3, -0.25) is 9.63 Å². The van der Waals surface area contributed by atoms with Crippen LogP contribution in [0, 0.1) is 5.92 Å². The number of hydrogen-bond donors (Lipinski definition) is 0. The molecule has 4 nitrogen and oxygen atoms in total. The Morgan fingerprint density at radius 3 is 2.15 bits per heavy atom. The maximum atomic E-state index is 12.2. The van der Waals surface area contributed by atoms with Crippen molar-refractivity contribution in [1.29, 1.82) is 0 Å². The van der Waals surface area contributed by atoms with Gasteiger partial charge in [-0.25, -0.2) is 5.06 Å². The quantitative estimate of drug-likeness (QED) is 0.427. The van der Waals surface area contributed by atoms with E-state index in [1.165, 1.54) is 12.2 Å². The Hall–Kier alpha value is -0.653. The molecule has 0 spiro atoms. The number of carbonyl (C=O) groups is 1. The van der Waals surface area contributed by atoms with E-state index < -0.39 is 8.32 Å². The van der Waals surface area contributed by atoms with Crippen molar-refractivity contribution >= 4 is 14.2 Å². The van der Waals surface area contributed by atoms with E-state index in [4.69, 9.17) is 9.26 Å². The van der Waals surface area contributed by atoms with Gasteiger partial charge in [0.1, 0.15) is 0 Å². The first kappa shape index (κ1) is 19.3. The highest BCUT2D eigenvalue weighted by Crippen LogP contribution is 2.38. The van der Waals surface area contributed by atoms with Crippen molar-refractivity contribution < 1.29 is 14.1 Å². The molecule has 0 heterocycles. The van der Waals surface area contributed by atoms with Crippen molar-refractivity contribution in [2.75, 3.05) is 14.2 Å². The Bertz CT molecular complexity index is 348. The van der Waals surface area contributed by atoms with Crippen molar-refractivity contribution in [3.05, 3.63) is 12.2 Å². The van der Waals surface area contributed by atoms with Gasteiger partial charge in [0.15, 0.2) is 8.32 Å². The van der Waals surface area contributed by atoms with E-state index in [2.05, 4.69) is 33.9 Å². The molecule has 0 N–H and O–H groups in total. The normalized spacial score (nSPS) is 16.2. The lowest BCUT2D eigenvalue weighted by Crippen LogP contribution is -2.47. The summed E-state index contributed by atoms with van der Waals surface area (Å²) < 4.78 is 6.37. The molecule has 0 aliphatic carbocycles. The van der Waals surface area contributed by atoms with Crippen molar-refractivity contribution in [3.8, 4) is 0 Å². The molecule has 0 fully saturated rings. The maximum Gasteiger partial charge on any atom is 0.251 e. The molecule has 0 saturated carbocycles. The molecule has 0 rings (SSSR count). The lowest BCUT2D eigenvalue weighted by atomic mass is 10.0. The Labute approximate surface area is 125 Å². The van der Waals surface area contributed by atoms with Crippen LogP contribution in [0.4, 0.5) is 0 Å². The van der Waals surface area contributed by atoms with E-state index in [-0.39, 0.29) is 23.0 Å². The fourth-order valence-electron chi connectivity index (χ4n) is 1.53. The molecule has 5 heteroatoms. The van der Waals surface area contributed by atoms with Gasteiger partial charge in [-0.15, -0.1) is 0 Å². The van der Waals surface area contributed by atoms with E-state index >= 15 is 0 Å². The summed E-state index contributed by atoms with van der Waals surface area (Å²) in [6.45, 7) is 14.8. The van der Waals surface area contributed by atoms with Crippen LogP contribution in [0.3, 0.4) is 0 Å². The zero-order chi connectivity index (χ0) is 16.1. The van der Waals surface area contributed by atoms with Gasteiger partial charge in [-0.2, -0.15) is 0 Å². The van der Waals surface area contributed by atoms with Crippen LogP contribution >= 0.6 is 0 Å². The van der Waals surface area contributed by atoms with Crippen LogP contribution in [0.2, 0.25) is 18.1 Å².